The second-order valence-corrected chi connectivity index (χ2v) is 3.77. The standard InChI is InChI=1S/C10H18N4O2/c1-3-4-5-6-7-11-9-10(14(15)16)12-8-13(9)2/h8,11H,3-7H2,1-2H3. The number of hydrogen-bond acceptors (Lipinski definition) is 4. The third-order valence-electron chi connectivity index (χ3n) is 2.41. The number of imidazole rings is 1. The highest BCUT2D eigenvalue weighted by Crippen LogP contribution is 2.20. The average Bonchev–Trinajstić information content (AvgIpc) is 2.60. The molecule has 1 aromatic rings. The Balaban J connectivity index is 2.46. The zero-order valence-corrected chi connectivity index (χ0v) is 9.77. The number of nitrogens with zero attached hydrogens (tertiary/aromatic N) is 3. The number of nitrogens with one attached hydrogen (secondary N) is 1. The highest BCUT2D eigenvalue weighted by atomic mass is 16.6. The molecule has 0 atom stereocenters. The Morgan fingerprint density at radius 1 is 1.50 bits per heavy atom. The summed E-state index contributed by atoms with van der Waals surface area (Å²) >= 11 is 0. The molecule has 6 nitrogen and oxygen atoms in total. The Morgan fingerprint density at radius 2 is 2.25 bits per heavy atom. The average molecular weight is 226 g/mol. The van der Waals surface area contributed by atoms with E-state index in [1.54, 1.807) is 11.6 Å². The van der Waals surface area contributed by atoms with Gasteiger partial charge in [0.1, 0.15) is 0 Å². The van der Waals surface area contributed by atoms with Crippen molar-refractivity contribution in [1.82, 2.24) is 9.55 Å². The number of aryl methyl sites for hydroxylation is 1. The van der Waals surface area contributed by atoms with Gasteiger partial charge in [0.2, 0.25) is 12.1 Å². The Morgan fingerprint density at radius 3 is 2.88 bits per heavy atom. The molecule has 0 aromatic carbocycles. The lowest BCUT2D eigenvalue weighted by atomic mass is 10.2. The number of hydrogen-bond donors (Lipinski definition) is 1. The molecule has 1 N–H and O–H groups in total. The van der Waals surface area contributed by atoms with E-state index in [1.165, 1.54) is 19.2 Å². The van der Waals surface area contributed by atoms with Crippen molar-refractivity contribution in [2.75, 3.05) is 11.9 Å². The van der Waals surface area contributed by atoms with Gasteiger partial charge in [-0.25, -0.2) is 0 Å². The van der Waals surface area contributed by atoms with Gasteiger partial charge in [-0.15, -0.1) is 0 Å². The van der Waals surface area contributed by atoms with Crippen molar-refractivity contribution in [2.24, 2.45) is 7.05 Å². The number of anilines is 1. The van der Waals surface area contributed by atoms with E-state index in [4.69, 9.17) is 0 Å². The Kier molecular flexibility index (Phi) is 4.75. The smallest absolute Gasteiger partial charge is 0.364 e. The van der Waals surface area contributed by atoms with Crippen LogP contribution in [0.3, 0.4) is 0 Å². The Hall–Kier alpha value is -1.59. The number of unbranched alkanes of at least 4 members (excludes halogenated alkanes) is 3. The third kappa shape index (κ3) is 3.22. The van der Waals surface area contributed by atoms with Crippen molar-refractivity contribution in [3.05, 3.63) is 16.4 Å². The van der Waals surface area contributed by atoms with Crippen LogP contribution < -0.4 is 5.32 Å². The van der Waals surface area contributed by atoms with Crippen LogP contribution in [-0.2, 0) is 7.05 Å². The van der Waals surface area contributed by atoms with E-state index in [1.807, 2.05) is 0 Å². The Bertz CT molecular complexity index is 349. The van der Waals surface area contributed by atoms with Crippen LogP contribution in [0.1, 0.15) is 32.6 Å². The summed E-state index contributed by atoms with van der Waals surface area (Å²) in [6, 6.07) is 0. The van der Waals surface area contributed by atoms with E-state index in [0.29, 0.717) is 5.82 Å². The van der Waals surface area contributed by atoms with E-state index in [0.717, 1.165) is 19.4 Å². The fourth-order valence-corrected chi connectivity index (χ4v) is 1.51. The first-order valence-corrected chi connectivity index (χ1v) is 5.56. The second kappa shape index (κ2) is 6.09. The van der Waals surface area contributed by atoms with Gasteiger partial charge in [-0.05, 0) is 16.3 Å². The van der Waals surface area contributed by atoms with Gasteiger partial charge >= 0.3 is 5.82 Å². The van der Waals surface area contributed by atoms with Crippen molar-refractivity contribution in [3.8, 4) is 0 Å². The fourth-order valence-electron chi connectivity index (χ4n) is 1.51. The number of nitro groups is 1. The summed E-state index contributed by atoms with van der Waals surface area (Å²) in [5, 5.41) is 13.7. The molecule has 1 aromatic heterocycles. The highest BCUT2D eigenvalue weighted by Gasteiger charge is 2.18. The maximum atomic E-state index is 10.7. The first kappa shape index (κ1) is 12.5. The van der Waals surface area contributed by atoms with Crippen molar-refractivity contribution in [2.45, 2.75) is 32.6 Å². The SMILES string of the molecule is CCCCCCNc1c([N+](=O)[O-])ncn1C. The van der Waals surface area contributed by atoms with Crippen molar-refractivity contribution < 1.29 is 4.92 Å². The third-order valence-corrected chi connectivity index (χ3v) is 2.41. The minimum atomic E-state index is -0.464. The summed E-state index contributed by atoms with van der Waals surface area (Å²) < 4.78 is 1.64. The predicted molar refractivity (Wildman–Crippen MR) is 62.5 cm³/mol. The van der Waals surface area contributed by atoms with Gasteiger partial charge < -0.3 is 15.4 Å². The van der Waals surface area contributed by atoms with Crippen LogP contribution >= 0.6 is 0 Å². The highest BCUT2D eigenvalue weighted by molar-refractivity contribution is 5.51. The zero-order chi connectivity index (χ0) is 12.0. The topological polar surface area (TPSA) is 73.0 Å². The van der Waals surface area contributed by atoms with Crippen LogP contribution in [-0.4, -0.2) is 21.0 Å². The summed E-state index contributed by atoms with van der Waals surface area (Å²) in [4.78, 5) is 13.9. The summed E-state index contributed by atoms with van der Waals surface area (Å²) in [6.45, 7) is 2.90. The lowest BCUT2D eigenvalue weighted by Gasteiger charge is -2.05. The van der Waals surface area contributed by atoms with Crippen LogP contribution in [0.25, 0.3) is 0 Å². The monoisotopic (exact) mass is 226 g/mol. The van der Waals surface area contributed by atoms with E-state index >= 15 is 0 Å². The molecule has 16 heavy (non-hydrogen) atoms. The summed E-state index contributed by atoms with van der Waals surface area (Å²) in [6.07, 6.45) is 6.01. The van der Waals surface area contributed by atoms with Gasteiger partial charge in [0.05, 0.1) is 0 Å². The summed E-state index contributed by atoms with van der Waals surface area (Å²) in [5.41, 5.74) is 0. The van der Waals surface area contributed by atoms with Crippen LogP contribution in [0.15, 0.2) is 6.33 Å². The van der Waals surface area contributed by atoms with E-state index in [9.17, 15) is 10.1 Å². The molecule has 1 heterocycles. The molecule has 0 bridgehead atoms. The molecule has 0 aliphatic rings. The Labute approximate surface area is 94.8 Å². The largest absolute Gasteiger partial charge is 0.406 e. The van der Waals surface area contributed by atoms with Gasteiger partial charge in [-0.2, -0.15) is 0 Å². The van der Waals surface area contributed by atoms with Crippen molar-refractivity contribution in [1.29, 1.82) is 0 Å². The van der Waals surface area contributed by atoms with E-state index < -0.39 is 4.92 Å². The molecule has 0 radical (unpaired) electrons. The molecule has 0 saturated carbocycles. The molecule has 0 spiro atoms. The van der Waals surface area contributed by atoms with Crippen LogP contribution in [0.2, 0.25) is 0 Å². The first-order valence-electron chi connectivity index (χ1n) is 5.56. The van der Waals surface area contributed by atoms with Crippen LogP contribution in [0.5, 0.6) is 0 Å². The molecule has 90 valence electrons. The molecule has 0 saturated heterocycles. The minimum absolute atomic E-state index is 0.0991. The second-order valence-electron chi connectivity index (χ2n) is 3.77. The van der Waals surface area contributed by atoms with E-state index in [2.05, 4.69) is 17.2 Å². The molecule has 0 unspecified atom stereocenters. The van der Waals surface area contributed by atoms with Crippen molar-refractivity contribution in [3.63, 3.8) is 0 Å². The van der Waals surface area contributed by atoms with Crippen molar-refractivity contribution >= 4 is 11.6 Å². The number of aromatic nitrogens is 2. The lowest BCUT2D eigenvalue weighted by Crippen LogP contribution is -2.07. The van der Waals surface area contributed by atoms with Crippen LogP contribution in [0, 0.1) is 10.1 Å². The predicted octanol–water partition coefficient (Wildman–Crippen LogP) is 2.32. The fraction of sp³-hybridized carbons (Fsp3) is 0.700. The molecule has 0 aliphatic carbocycles. The maximum absolute atomic E-state index is 10.7. The van der Waals surface area contributed by atoms with Gasteiger partial charge in [-0.1, -0.05) is 26.2 Å². The molecule has 0 aliphatic heterocycles. The summed E-state index contributed by atoms with van der Waals surface area (Å²) in [5.74, 6) is 0.388. The first-order chi connectivity index (χ1) is 7.66. The van der Waals surface area contributed by atoms with Gasteiger partial charge in [0.25, 0.3) is 0 Å². The molecule has 0 amide bonds. The summed E-state index contributed by atoms with van der Waals surface area (Å²) in [7, 11) is 1.74. The normalized spacial score (nSPS) is 10.4. The molecular formula is C10H18N4O2. The quantitative estimate of drug-likeness (QED) is 0.440. The van der Waals surface area contributed by atoms with Gasteiger partial charge in [0, 0.05) is 13.6 Å². The minimum Gasteiger partial charge on any atom is -0.364 e. The molecule has 1 rings (SSSR count). The molecular weight excluding hydrogens is 208 g/mol. The zero-order valence-electron chi connectivity index (χ0n) is 9.77. The maximum Gasteiger partial charge on any atom is 0.406 e. The molecule has 0 fully saturated rings. The lowest BCUT2D eigenvalue weighted by molar-refractivity contribution is -0.388. The van der Waals surface area contributed by atoms with Crippen LogP contribution in [0.4, 0.5) is 11.6 Å². The van der Waals surface area contributed by atoms with Gasteiger partial charge in [-0.3, -0.25) is 4.57 Å². The number of rotatable bonds is 7. The van der Waals surface area contributed by atoms with Gasteiger partial charge in [0.15, 0.2) is 0 Å². The molecule has 6 heteroatoms. The van der Waals surface area contributed by atoms with E-state index in [-0.39, 0.29) is 5.82 Å².